The third-order valence-electron chi connectivity index (χ3n) is 3.62. The van der Waals surface area contributed by atoms with Crippen LogP contribution >= 0.6 is 0 Å². The lowest BCUT2D eigenvalue weighted by Gasteiger charge is -2.19. The van der Waals surface area contributed by atoms with Gasteiger partial charge in [0.2, 0.25) is 5.91 Å². The summed E-state index contributed by atoms with van der Waals surface area (Å²) in [6.45, 7) is 0.855. The molecule has 2 rings (SSSR count). The first-order valence-corrected chi connectivity index (χ1v) is 5.47. The zero-order chi connectivity index (χ0) is 11.9. The van der Waals surface area contributed by atoms with E-state index >= 15 is 0 Å². The van der Waals surface area contributed by atoms with E-state index in [2.05, 4.69) is 0 Å². The summed E-state index contributed by atoms with van der Waals surface area (Å²) in [5, 5.41) is 0. The van der Waals surface area contributed by atoms with Crippen LogP contribution in [0, 0.1) is 11.8 Å². The van der Waals surface area contributed by atoms with Crippen molar-refractivity contribution in [1.82, 2.24) is 4.90 Å². The summed E-state index contributed by atoms with van der Waals surface area (Å²) in [5.74, 6) is -0.293. The third kappa shape index (κ3) is 2.31. The number of hydrogen-bond donors (Lipinski definition) is 1. The highest BCUT2D eigenvalue weighted by Gasteiger charge is 2.44. The maximum atomic E-state index is 12.1. The van der Waals surface area contributed by atoms with E-state index in [0.29, 0.717) is 19.0 Å². The van der Waals surface area contributed by atoms with Crippen LogP contribution in [-0.2, 0) is 4.79 Å². The summed E-state index contributed by atoms with van der Waals surface area (Å²) in [7, 11) is 0. The van der Waals surface area contributed by atoms with Crippen LogP contribution in [0.5, 0.6) is 0 Å². The number of fused-ring (bicyclic) bond motifs is 1. The van der Waals surface area contributed by atoms with Crippen molar-refractivity contribution in [3.8, 4) is 0 Å². The van der Waals surface area contributed by atoms with Crippen molar-refractivity contribution in [2.24, 2.45) is 17.6 Å². The summed E-state index contributed by atoms with van der Waals surface area (Å²) in [5.41, 5.74) is 5.85. The number of hydrogen-bond acceptors (Lipinski definition) is 2. The molecule has 92 valence electrons. The van der Waals surface area contributed by atoms with Crippen molar-refractivity contribution in [1.29, 1.82) is 0 Å². The van der Waals surface area contributed by atoms with Crippen molar-refractivity contribution in [3.05, 3.63) is 0 Å². The number of nitrogens with zero attached hydrogens (tertiary/aromatic N) is 1. The van der Waals surface area contributed by atoms with Crippen LogP contribution in [0.15, 0.2) is 0 Å². The minimum atomic E-state index is -4.41. The van der Waals surface area contributed by atoms with Gasteiger partial charge in [0.25, 0.3) is 0 Å². The number of nitrogens with two attached hydrogens (primary N) is 1. The fourth-order valence-electron chi connectivity index (χ4n) is 2.79. The van der Waals surface area contributed by atoms with E-state index in [-0.39, 0.29) is 12.0 Å². The summed E-state index contributed by atoms with van der Waals surface area (Å²) in [4.78, 5) is 12.7. The lowest BCUT2D eigenvalue weighted by Crippen LogP contribution is -2.35. The Morgan fingerprint density at radius 1 is 1.31 bits per heavy atom. The van der Waals surface area contributed by atoms with Crippen LogP contribution in [0.2, 0.25) is 0 Å². The molecule has 1 aliphatic carbocycles. The molecule has 0 bridgehead atoms. The second kappa shape index (κ2) is 3.91. The predicted octanol–water partition coefficient (Wildman–Crippen LogP) is 1.13. The van der Waals surface area contributed by atoms with E-state index in [9.17, 15) is 18.0 Å². The van der Waals surface area contributed by atoms with Crippen molar-refractivity contribution in [2.45, 2.75) is 31.5 Å². The third-order valence-corrected chi connectivity index (χ3v) is 3.62. The fraction of sp³-hybridized carbons (Fsp3) is 0.900. The van der Waals surface area contributed by atoms with Gasteiger partial charge in [-0.05, 0) is 24.7 Å². The standard InChI is InChI=1S/C10H15F3N2O/c11-10(12,13)3-9(16)15-4-6-1-2-8(14)7(6)5-15/h6-8H,1-5,14H2/t6-,7-,8+/m0/s1. The van der Waals surface area contributed by atoms with Gasteiger partial charge in [-0.1, -0.05) is 0 Å². The van der Waals surface area contributed by atoms with Gasteiger partial charge in [-0.2, -0.15) is 13.2 Å². The molecule has 0 aromatic heterocycles. The zero-order valence-corrected chi connectivity index (χ0v) is 8.83. The monoisotopic (exact) mass is 236 g/mol. The molecule has 0 aromatic carbocycles. The molecule has 1 amide bonds. The molecular formula is C10H15F3N2O. The summed E-state index contributed by atoms with van der Waals surface area (Å²) in [6.07, 6.45) is -3.89. The highest BCUT2D eigenvalue weighted by Crippen LogP contribution is 2.37. The summed E-state index contributed by atoms with van der Waals surface area (Å²) < 4.78 is 36.2. The van der Waals surface area contributed by atoms with Gasteiger partial charge >= 0.3 is 6.18 Å². The molecule has 3 nitrogen and oxygen atoms in total. The second-order valence-electron chi connectivity index (χ2n) is 4.76. The van der Waals surface area contributed by atoms with Gasteiger partial charge in [0, 0.05) is 19.1 Å². The maximum Gasteiger partial charge on any atom is 0.397 e. The number of carbonyl (C=O) groups excluding carboxylic acids is 1. The molecule has 3 atom stereocenters. The molecule has 2 aliphatic rings. The average molecular weight is 236 g/mol. The first kappa shape index (κ1) is 11.7. The van der Waals surface area contributed by atoms with Crippen LogP contribution in [0.3, 0.4) is 0 Å². The molecule has 0 aromatic rings. The quantitative estimate of drug-likeness (QED) is 0.742. The Hall–Kier alpha value is -0.780. The van der Waals surface area contributed by atoms with Crippen molar-refractivity contribution < 1.29 is 18.0 Å². The van der Waals surface area contributed by atoms with Gasteiger partial charge < -0.3 is 10.6 Å². The van der Waals surface area contributed by atoms with Gasteiger partial charge in [0.05, 0.1) is 0 Å². The number of carbonyl (C=O) groups is 1. The molecule has 0 radical (unpaired) electrons. The topological polar surface area (TPSA) is 46.3 Å². The first-order chi connectivity index (χ1) is 7.37. The minimum Gasteiger partial charge on any atom is -0.342 e. The Morgan fingerprint density at radius 3 is 2.56 bits per heavy atom. The normalized spacial score (nSPS) is 34.2. The number of halogens is 3. The largest absolute Gasteiger partial charge is 0.397 e. The Kier molecular flexibility index (Phi) is 2.86. The molecule has 1 saturated carbocycles. The second-order valence-corrected chi connectivity index (χ2v) is 4.76. The predicted molar refractivity (Wildman–Crippen MR) is 51.4 cm³/mol. The molecular weight excluding hydrogens is 221 g/mol. The molecule has 2 N–H and O–H groups in total. The van der Waals surface area contributed by atoms with Crippen molar-refractivity contribution in [3.63, 3.8) is 0 Å². The lowest BCUT2D eigenvalue weighted by atomic mass is 9.98. The summed E-state index contributed by atoms with van der Waals surface area (Å²) in [6, 6.07) is 0.0497. The van der Waals surface area contributed by atoms with Crippen molar-refractivity contribution in [2.75, 3.05) is 13.1 Å². The van der Waals surface area contributed by atoms with Crippen LogP contribution in [0.1, 0.15) is 19.3 Å². The Bertz CT molecular complexity index is 292. The maximum absolute atomic E-state index is 12.1. The minimum absolute atomic E-state index is 0.0497. The highest BCUT2D eigenvalue weighted by molar-refractivity contribution is 5.77. The zero-order valence-electron chi connectivity index (χ0n) is 8.83. The van der Waals surface area contributed by atoms with Crippen LogP contribution in [-0.4, -0.2) is 36.1 Å². The fourth-order valence-corrected chi connectivity index (χ4v) is 2.79. The van der Waals surface area contributed by atoms with Gasteiger partial charge in [-0.25, -0.2) is 0 Å². The average Bonchev–Trinajstić information content (AvgIpc) is 2.65. The molecule has 2 fully saturated rings. The first-order valence-electron chi connectivity index (χ1n) is 5.47. The Morgan fingerprint density at radius 2 is 2.00 bits per heavy atom. The van der Waals surface area contributed by atoms with E-state index in [0.717, 1.165) is 12.8 Å². The molecule has 6 heteroatoms. The van der Waals surface area contributed by atoms with Crippen LogP contribution in [0.25, 0.3) is 0 Å². The van der Waals surface area contributed by atoms with Gasteiger partial charge in [-0.15, -0.1) is 0 Å². The smallest absolute Gasteiger partial charge is 0.342 e. The number of amides is 1. The number of alkyl halides is 3. The van der Waals surface area contributed by atoms with Crippen LogP contribution in [0.4, 0.5) is 13.2 Å². The summed E-state index contributed by atoms with van der Waals surface area (Å²) >= 11 is 0. The highest BCUT2D eigenvalue weighted by atomic mass is 19.4. The lowest BCUT2D eigenvalue weighted by molar-refractivity contribution is -0.160. The van der Waals surface area contributed by atoms with E-state index in [4.69, 9.17) is 5.73 Å². The number of rotatable bonds is 1. The molecule has 1 aliphatic heterocycles. The van der Waals surface area contributed by atoms with Gasteiger partial charge in [0.15, 0.2) is 0 Å². The SMILES string of the molecule is N[C@@H]1CC[C@H]2CN(C(=O)CC(F)(F)F)C[C@@H]21. The van der Waals surface area contributed by atoms with Gasteiger partial charge in [-0.3, -0.25) is 4.79 Å². The van der Waals surface area contributed by atoms with E-state index in [1.54, 1.807) is 0 Å². The van der Waals surface area contributed by atoms with E-state index in [1.807, 2.05) is 0 Å². The molecule has 0 unspecified atom stereocenters. The Labute approximate surface area is 91.8 Å². The van der Waals surface area contributed by atoms with E-state index < -0.39 is 18.5 Å². The number of likely N-dealkylation sites (tertiary alicyclic amines) is 1. The molecule has 1 saturated heterocycles. The molecule has 16 heavy (non-hydrogen) atoms. The van der Waals surface area contributed by atoms with Crippen LogP contribution < -0.4 is 5.73 Å². The van der Waals surface area contributed by atoms with Crippen molar-refractivity contribution >= 4 is 5.91 Å². The molecule has 0 spiro atoms. The van der Waals surface area contributed by atoms with Gasteiger partial charge in [0.1, 0.15) is 6.42 Å². The Balaban J connectivity index is 1.92. The van der Waals surface area contributed by atoms with E-state index in [1.165, 1.54) is 4.90 Å². The molecule has 1 heterocycles.